The summed E-state index contributed by atoms with van der Waals surface area (Å²) in [6.45, 7) is 0. The average Bonchev–Trinajstić information content (AvgIpc) is 3.20. The van der Waals surface area contributed by atoms with Gasteiger partial charge >= 0.3 is 0 Å². The summed E-state index contributed by atoms with van der Waals surface area (Å²) in [4.78, 5) is 15.5. The monoisotopic (exact) mass is 639 g/mol. The van der Waals surface area contributed by atoms with Gasteiger partial charge in [-0.25, -0.2) is 9.97 Å². The van der Waals surface area contributed by atoms with Crippen LogP contribution in [-0.4, -0.2) is 15.0 Å². The molecule has 0 aliphatic heterocycles. The molecule has 6 aromatic carbocycles. The number of allylic oxidation sites excluding steroid dienone is 2. The van der Waals surface area contributed by atoms with Crippen LogP contribution in [0.25, 0.3) is 89.6 Å². The third-order valence-corrected chi connectivity index (χ3v) is 10.4. The van der Waals surface area contributed by atoms with Crippen molar-refractivity contribution in [3.05, 3.63) is 162 Å². The van der Waals surface area contributed by atoms with Crippen LogP contribution < -0.4 is 0 Å². The van der Waals surface area contributed by atoms with Gasteiger partial charge in [0.1, 0.15) is 0 Å². The van der Waals surface area contributed by atoms with Gasteiger partial charge in [-0.1, -0.05) is 121 Å². The number of nitrogens with zero attached hydrogens (tertiary/aromatic N) is 3. The van der Waals surface area contributed by atoms with E-state index in [1.165, 1.54) is 54.6 Å². The Labute approximate surface area is 291 Å². The van der Waals surface area contributed by atoms with Crippen LogP contribution in [0.3, 0.4) is 0 Å². The van der Waals surface area contributed by atoms with E-state index in [0.29, 0.717) is 5.82 Å². The lowest BCUT2D eigenvalue weighted by Crippen LogP contribution is -2.01. The predicted octanol–water partition coefficient (Wildman–Crippen LogP) is 11.9. The predicted molar refractivity (Wildman–Crippen MR) is 209 cm³/mol. The summed E-state index contributed by atoms with van der Waals surface area (Å²) in [5.41, 5.74) is 12.5. The Hall–Kier alpha value is -6.19. The number of fused-ring (bicyclic) bond motifs is 7. The molecule has 2 aliphatic carbocycles. The largest absolute Gasteiger partial charge is 0.256 e. The van der Waals surface area contributed by atoms with E-state index in [4.69, 9.17) is 15.0 Å². The number of aryl methyl sites for hydroxylation is 2. The Bertz CT molecular complexity index is 2700. The van der Waals surface area contributed by atoms with Crippen LogP contribution in [-0.2, 0) is 12.8 Å². The topological polar surface area (TPSA) is 38.7 Å². The second kappa shape index (κ2) is 11.7. The molecule has 236 valence electrons. The lowest BCUT2D eigenvalue weighted by atomic mass is 9.88. The maximum Gasteiger partial charge on any atom is 0.160 e. The molecule has 0 amide bonds. The third-order valence-electron chi connectivity index (χ3n) is 10.4. The summed E-state index contributed by atoms with van der Waals surface area (Å²) in [5, 5.41) is 7.34. The van der Waals surface area contributed by atoms with Crippen molar-refractivity contribution in [3.8, 4) is 45.2 Å². The molecule has 10 rings (SSSR count). The molecule has 2 heterocycles. The molecule has 0 spiro atoms. The molecular formula is C47H33N3. The van der Waals surface area contributed by atoms with Crippen molar-refractivity contribution in [2.45, 2.75) is 25.7 Å². The SMILES string of the molecule is C1=Cc2c(ccnc2-c2ccc(-c3nc(-c4cc5c(c6ccccc46)C=CCC5)cc(-c4cc5ccccc5c5ccccc45)n3)cc2)CC1. The number of aromatic nitrogens is 3. The first kappa shape index (κ1) is 28.8. The van der Waals surface area contributed by atoms with E-state index in [0.717, 1.165) is 65.0 Å². The minimum absolute atomic E-state index is 0.714. The highest BCUT2D eigenvalue weighted by Gasteiger charge is 2.19. The first-order valence-electron chi connectivity index (χ1n) is 17.6. The molecule has 0 N–H and O–H groups in total. The number of pyridine rings is 1. The van der Waals surface area contributed by atoms with Crippen molar-refractivity contribution in [3.63, 3.8) is 0 Å². The highest BCUT2D eigenvalue weighted by molar-refractivity contribution is 6.13. The van der Waals surface area contributed by atoms with Crippen molar-refractivity contribution >= 4 is 44.5 Å². The molecular weight excluding hydrogens is 607 g/mol. The van der Waals surface area contributed by atoms with Gasteiger partial charge in [-0.05, 0) is 99.0 Å². The summed E-state index contributed by atoms with van der Waals surface area (Å²) in [6, 6.07) is 43.7. The van der Waals surface area contributed by atoms with Gasteiger partial charge in [-0.3, -0.25) is 4.98 Å². The molecule has 0 unspecified atom stereocenters. The van der Waals surface area contributed by atoms with E-state index >= 15 is 0 Å². The third kappa shape index (κ3) is 4.77. The van der Waals surface area contributed by atoms with Crippen molar-refractivity contribution in [1.82, 2.24) is 15.0 Å². The Kier molecular flexibility index (Phi) is 6.76. The van der Waals surface area contributed by atoms with Crippen LogP contribution in [0.4, 0.5) is 0 Å². The number of hydrogen-bond acceptors (Lipinski definition) is 3. The van der Waals surface area contributed by atoms with E-state index in [1.54, 1.807) is 0 Å². The highest BCUT2D eigenvalue weighted by atomic mass is 14.9. The first-order chi connectivity index (χ1) is 24.8. The van der Waals surface area contributed by atoms with Gasteiger partial charge < -0.3 is 0 Å². The summed E-state index contributed by atoms with van der Waals surface area (Å²) in [6.07, 6.45) is 15.2. The quantitative estimate of drug-likeness (QED) is 0.180. The van der Waals surface area contributed by atoms with E-state index < -0.39 is 0 Å². The molecule has 0 saturated heterocycles. The van der Waals surface area contributed by atoms with E-state index in [1.807, 2.05) is 6.20 Å². The van der Waals surface area contributed by atoms with Crippen LogP contribution in [0, 0.1) is 0 Å². The molecule has 0 radical (unpaired) electrons. The summed E-state index contributed by atoms with van der Waals surface area (Å²) in [7, 11) is 0. The zero-order valence-electron chi connectivity index (χ0n) is 27.6. The first-order valence-corrected chi connectivity index (χ1v) is 17.6. The molecule has 0 saturated carbocycles. The molecule has 0 fully saturated rings. The van der Waals surface area contributed by atoms with Gasteiger partial charge in [0.15, 0.2) is 5.82 Å². The van der Waals surface area contributed by atoms with Crippen LogP contribution in [0.5, 0.6) is 0 Å². The van der Waals surface area contributed by atoms with Crippen LogP contribution in [0.15, 0.2) is 140 Å². The fourth-order valence-corrected chi connectivity index (χ4v) is 7.99. The van der Waals surface area contributed by atoms with E-state index in [2.05, 4.69) is 146 Å². The number of hydrogen-bond donors (Lipinski definition) is 0. The number of benzene rings is 6. The lowest BCUT2D eigenvalue weighted by molar-refractivity contribution is 0.978. The van der Waals surface area contributed by atoms with E-state index in [9.17, 15) is 0 Å². The zero-order chi connectivity index (χ0) is 33.0. The standard InChI is InChI=1S/C47H33N3/c1-6-16-37-30(11-1)25-26-48-46(37)31-21-23-32(24-22-31)47-49-44(42-27-33-12-2-4-14-35(33)38-17-7-9-19-40(38)42)29-45(50-47)43-28-34-13-3-5-15-36(34)39-18-8-10-20-41(39)43/h2,4-10,12,14-29H,1,3,11,13H2. The van der Waals surface area contributed by atoms with E-state index in [-0.39, 0.29) is 0 Å². The van der Waals surface area contributed by atoms with Gasteiger partial charge in [0.05, 0.1) is 17.1 Å². The highest BCUT2D eigenvalue weighted by Crippen LogP contribution is 2.40. The van der Waals surface area contributed by atoms with Crippen molar-refractivity contribution < 1.29 is 0 Å². The second-order valence-electron chi connectivity index (χ2n) is 13.4. The minimum atomic E-state index is 0.714. The van der Waals surface area contributed by atoms with Gasteiger partial charge in [-0.15, -0.1) is 0 Å². The smallest absolute Gasteiger partial charge is 0.160 e. The summed E-state index contributed by atoms with van der Waals surface area (Å²) < 4.78 is 0. The summed E-state index contributed by atoms with van der Waals surface area (Å²) >= 11 is 0. The molecule has 2 aliphatic rings. The molecule has 2 aromatic heterocycles. The Morgan fingerprint density at radius 1 is 0.460 bits per heavy atom. The van der Waals surface area contributed by atoms with Gasteiger partial charge in [0, 0.05) is 34.0 Å². The van der Waals surface area contributed by atoms with Crippen molar-refractivity contribution in [2.75, 3.05) is 0 Å². The summed E-state index contributed by atoms with van der Waals surface area (Å²) in [5.74, 6) is 0.714. The molecule has 3 nitrogen and oxygen atoms in total. The minimum Gasteiger partial charge on any atom is -0.256 e. The molecule has 8 aromatic rings. The molecule has 0 atom stereocenters. The fourth-order valence-electron chi connectivity index (χ4n) is 7.99. The molecule has 3 heteroatoms. The Morgan fingerprint density at radius 2 is 1.06 bits per heavy atom. The average molecular weight is 640 g/mol. The normalized spacial score (nSPS) is 13.5. The molecule has 50 heavy (non-hydrogen) atoms. The van der Waals surface area contributed by atoms with Gasteiger partial charge in [0.2, 0.25) is 0 Å². The Balaban J connectivity index is 1.20. The van der Waals surface area contributed by atoms with Crippen molar-refractivity contribution in [2.24, 2.45) is 0 Å². The van der Waals surface area contributed by atoms with Crippen LogP contribution in [0.1, 0.15) is 35.1 Å². The maximum absolute atomic E-state index is 5.36. The maximum atomic E-state index is 5.36. The lowest BCUT2D eigenvalue weighted by Gasteiger charge is -2.18. The zero-order valence-corrected chi connectivity index (χ0v) is 27.6. The van der Waals surface area contributed by atoms with Gasteiger partial charge in [0.25, 0.3) is 0 Å². The number of rotatable bonds is 4. The van der Waals surface area contributed by atoms with Crippen LogP contribution >= 0.6 is 0 Å². The molecule has 0 bridgehead atoms. The second-order valence-corrected chi connectivity index (χ2v) is 13.4. The van der Waals surface area contributed by atoms with Gasteiger partial charge in [-0.2, -0.15) is 0 Å². The Morgan fingerprint density at radius 3 is 1.84 bits per heavy atom. The fraction of sp³-hybridized carbons (Fsp3) is 0.0851. The van der Waals surface area contributed by atoms with Crippen LogP contribution in [0.2, 0.25) is 0 Å². The van der Waals surface area contributed by atoms with Crippen molar-refractivity contribution in [1.29, 1.82) is 0 Å².